The predicted octanol–water partition coefficient (Wildman–Crippen LogP) is 2.62. The number of esters is 1. The van der Waals surface area contributed by atoms with Gasteiger partial charge in [-0.25, -0.2) is 17.9 Å². The van der Waals surface area contributed by atoms with Crippen LogP contribution in [0.2, 0.25) is 0 Å². The van der Waals surface area contributed by atoms with Crippen molar-refractivity contribution in [2.45, 2.75) is 31.8 Å². The molecule has 0 saturated carbocycles. The molecule has 1 atom stereocenters. The summed E-state index contributed by atoms with van der Waals surface area (Å²) in [7, 11) is -2.45. The standard InChI is InChI=1S/C21H24N2O6S/c1-13(2)20(25)23-17-10-8-15(9-11-17)19(24)14(3)29-21(26)16-6-5-7-18(12-16)30(27,28)22-4/h5-14,22H,1-4H3,(H,23,25). The molecule has 0 heterocycles. The second kappa shape index (κ2) is 9.64. The van der Waals surface area contributed by atoms with Crippen LogP contribution in [0.5, 0.6) is 0 Å². The van der Waals surface area contributed by atoms with Crippen LogP contribution >= 0.6 is 0 Å². The maximum atomic E-state index is 12.6. The van der Waals surface area contributed by atoms with Gasteiger partial charge in [-0.1, -0.05) is 19.9 Å². The van der Waals surface area contributed by atoms with Crippen LogP contribution < -0.4 is 10.0 Å². The third-order valence-electron chi connectivity index (χ3n) is 4.26. The molecular weight excluding hydrogens is 408 g/mol. The molecule has 0 radical (unpaired) electrons. The van der Waals surface area contributed by atoms with Crippen LogP contribution in [0.1, 0.15) is 41.5 Å². The molecule has 8 nitrogen and oxygen atoms in total. The molecule has 0 aliphatic carbocycles. The summed E-state index contributed by atoms with van der Waals surface area (Å²) >= 11 is 0. The summed E-state index contributed by atoms with van der Waals surface area (Å²) in [5.41, 5.74) is 0.875. The van der Waals surface area contributed by atoms with Crippen molar-refractivity contribution in [3.05, 3.63) is 59.7 Å². The molecule has 0 fully saturated rings. The van der Waals surface area contributed by atoms with Gasteiger partial charge in [0.2, 0.25) is 21.7 Å². The maximum absolute atomic E-state index is 12.6. The van der Waals surface area contributed by atoms with E-state index in [9.17, 15) is 22.8 Å². The number of ether oxygens (including phenoxy) is 1. The fraction of sp³-hybridized carbons (Fsp3) is 0.286. The molecule has 2 aromatic rings. The van der Waals surface area contributed by atoms with Gasteiger partial charge in [-0.15, -0.1) is 0 Å². The normalized spacial score (nSPS) is 12.3. The summed E-state index contributed by atoms with van der Waals surface area (Å²) < 4.78 is 31.1. The van der Waals surface area contributed by atoms with E-state index in [0.717, 1.165) is 0 Å². The summed E-state index contributed by atoms with van der Waals surface area (Å²) in [5, 5.41) is 2.72. The minimum Gasteiger partial charge on any atom is -0.451 e. The van der Waals surface area contributed by atoms with Crippen molar-refractivity contribution < 1.29 is 27.5 Å². The fourth-order valence-electron chi connectivity index (χ4n) is 2.43. The molecule has 9 heteroatoms. The molecule has 0 bridgehead atoms. The number of Topliss-reactive ketones (excluding diaryl/α,β-unsaturated/α-hetero) is 1. The van der Waals surface area contributed by atoms with Crippen LogP contribution in [0.4, 0.5) is 5.69 Å². The molecule has 2 N–H and O–H groups in total. The number of carbonyl (C=O) groups is 3. The Morgan fingerprint density at radius 2 is 1.57 bits per heavy atom. The number of rotatable bonds is 8. The van der Waals surface area contributed by atoms with E-state index >= 15 is 0 Å². The summed E-state index contributed by atoms with van der Waals surface area (Å²) in [4.78, 5) is 36.6. The molecular formula is C21H24N2O6S. The molecule has 1 amide bonds. The van der Waals surface area contributed by atoms with E-state index in [0.29, 0.717) is 11.3 Å². The average Bonchev–Trinajstić information content (AvgIpc) is 2.73. The molecule has 30 heavy (non-hydrogen) atoms. The van der Waals surface area contributed by atoms with Crippen molar-refractivity contribution in [1.82, 2.24) is 4.72 Å². The lowest BCUT2D eigenvalue weighted by Gasteiger charge is -2.13. The number of ketones is 1. The third-order valence-corrected chi connectivity index (χ3v) is 5.68. The van der Waals surface area contributed by atoms with Crippen molar-refractivity contribution in [2.75, 3.05) is 12.4 Å². The third kappa shape index (κ3) is 5.74. The maximum Gasteiger partial charge on any atom is 0.338 e. The van der Waals surface area contributed by atoms with Gasteiger partial charge in [-0.05, 0) is 56.4 Å². The Hall–Kier alpha value is -3.04. The van der Waals surface area contributed by atoms with Crippen molar-refractivity contribution in [3.8, 4) is 0 Å². The largest absolute Gasteiger partial charge is 0.451 e. The summed E-state index contributed by atoms with van der Waals surface area (Å²) in [6.45, 7) is 4.98. The lowest BCUT2D eigenvalue weighted by Crippen LogP contribution is -2.25. The Balaban J connectivity index is 2.08. The number of hydrogen-bond donors (Lipinski definition) is 2. The molecule has 0 spiro atoms. The smallest absolute Gasteiger partial charge is 0.338 e. The van der Waals surface area contributed by atoms with E-state index in [4.69, 9.17) is 4.74 Å². The van der Waals surface area contributed by atoms with Crippen LogP contribution in [-0.2, 0) is 19.6 Å². The molecule has 2 rings (SSSR count). The van der Waals surface area contributed by atoms with Crippen molar-refractivity contribution in [3.63, 3.8) is 0 Å². The zero-order valence-corrected chi connectivity index (χ0v) is 17.9. The number of benzene rings is 2. The van der Waals surface area contributed by atoms with Gasteiger partial charge in [-0.3, -0.25) is 9.59 Å². The first-order valence-electron chi connectivity index (χ1n) is 9.25. The van der Waals surface area contributed by atoms with Crippen LogP contribution in [0.15, 0.2) is 53.4 Å². The van der Waals surface area contributed by atoms with E-state index in [1.54, 1.807) is 26.0 Å². The van der Waals surface area contributed by atoms with E-state index < -0.39 is 27.9 Å². The monoisotopic (exact) mass is 432 g/mol. The molecule has 0 aliphatic heterocycles. The second-order valence-corrected chi connectivity index (χ2v) is 8.76. The molecule has 0 aliphatic rings. The Morgan fingerprint density at radius 1 is 0.933 bits per heavy atom. The Kier molecular flexibility index (Phi) is 7.47. The Morgan fingerprint density at radius 3 is 2.13 bits per heavy atom. The molecule has 1 unspecified atom stereocenters. The number of amides is 1. The molecule has 0 aromatic heterocycles. The predicted molar refractivity (Wildman–Crippen MR) is 112 cm³/mol. The van der Waals surface area contributed by atoms with Crippen LogP contribution in [-0.4, -0.2) is 39.2 Å². The lowest BCUT2D eigenvalue weighted by molar-refractivity contribution is -0.118. The SMILES string of the molecule is CNS(=O)(=O)c1cccc(C(=O)OC(C)C(=O)c2ccc(NC(=O)C(C)C)cc2)c1. The number of anilines is 1. The molecule has 2 aromatic carbocycles. The van der Waals surface area contributed by atoms with Gasteiger partial charge in [-0.2, -0.15) is 0 Å². The second-order valence-electron chi connectivity index (χ2n) is 6.87. The topological polar surface area (TPSA) is 119 Å². The molecule has 160 valence electrons. The Labute approximate surface area is 175 Å². The van der Waals surface area contributed by atoms with Gasteiger partial charge >= 0.3 is 5.97 Å². The first kappa shape index (κ1) is 23.2. The zero-order valence-electron chi connectivity index (χ0n) is 17.1. The van der Waals surface area contributed by atoms with Crippen molar-refractivity contribution >= 4 is 33.4 Å². The highest BCUT2D eigenvalue weighted by molar-refractivity contribution is 7.89. The first-order chi connectivity index (χ1) is 14.0. The van der Waals surface area contributed by atoms with Gasteiger partial charge in [0.1, 0.15) is 0 Å². The van der Waals surface area contributed by atoms with Gasteiger partial charge < -0.3 is 10.1 Å². The van der Waals surface area contributed by atoms with Crippen LogP contribution in [0.25, 0.3) is 0 Å². The average molecular weight is 432 g/mol. The highest BCUT2D eigenvalue weighted by atomic mass is 32.2. The highest BCUT2D eigenvalue weighted by Crippen LogP contribution is 2.16. The van der Waals surface area contributed by atoms with Gasteiger partial charge in [0.05, 0.1) is 10.5 Å². The fourth-order valence-corrected chi connectivity index (χ4v) is 3.20. The lowest BCUT2D eigenvalue weighted by atomic mass is 10.1. The zero-order chi connectivity index (χ0) is 22.5. The number of nitrogens with one attached hydrogen (secondary N) is 2. The highest BCUT2D eigenvalue weighted by Gasteiger charge is 2.22. The Bertz CT molecular complexity index is 1050. The van der Waals surface area contributed by atoms with Crippen LogP contribution in [0.3, 0.4) is 0 Å². The van der Waals surface area contributed by atoms with Crippen molar-refractivity contribution in [1.29, 1.82) is 0 Å². The van der Waals surface area contributed by atoms with Gasteiger partial charge in [0, 0.05) is 17.2 Å². The number of carbonyl (C=O) groups excluding carboxylic acids is 3. The minimum atomic E-state index is -3.71. The first-order valence-corrected chi connectivity index (χ1v) is 10.7. The summed E-state index contributed by atoms with van der Waals surface area (Å²) in [5.74, 6) is -1.56. The van der Waals surface area contributed by atoms with E-state index in [-0.39, 0.29) is 22.3 Å². The quantitative estimate of drug-likeness (QED) is 0.489. The van der Waals surface area contributed by atoms with Crippen molar-refractivity contribution in [2.24, 2.45) is 5.92 Å². The summed E-state index contributed by atoms with van der Waals surface area (Å²) in [6, 6.07) is 11.6. The number of hydrogen-bond acceptors (Lipinski definition) is 6. The van der Waals surface area contributed by atoms with E-state index in [2.05, 4.69) is 10.0 Å². The minimum absolute atomic E-state index is 0.0118. The molecule has 0 saturated heterocycles. The van der Waals surface area contributed by atoms with Crippen LogP contribution in [0, 0.1) is 5.92 Å². The van der Waals surface area contributed by atoms with Gasteiger partial charge in [0.25, 0.3) is 0 Å². The van der Waals surface area contributed by atoms with E-state index in [1.807, 2.05) is 0 Å². The number of sulfonamides is 1. The van der Waals surface area contributed by atoms with Gasteiger partial charge in [0.15, 0.2) is 6.10 Å². The summed E-state index contributed by atoms with van der Waals surface area (Å²) in [6.07, 6.45) is -1.09. The van der Waals surface area contributed by atoms with E-state index in [1.165, 1.54) is 50.4 Å².